The maximum Gasteiger partial charge on any atom is 0.267 e. The van der Waals surface area contributed by atoms with Gasteiger partial charge in [-0.2, -0.15) is 16.9 Å². The second-order valence-electron chi connectivity index (χ2n) is 8.28. The van der Waals surface area contributed by atoms with E-state index in [1.807, 2.05) is 24.0 Å². The summed E-state index contributed by atoms with van der Waals surface area (Å²) in [6.45, 7) is 6.58. The molecule has 1 saturated heterocycles. The Morgan fingerprint density at radius 3 is 2.76 bits per heavy atom. The first-order chi connectivity index (χ1) is 14.2. The first kappa shape index (κ1) is 19.2. The molecule has 8 heteroatoms. The minimum Gasteiger partial charge on any atom is -0.299 e. The average molecular weight is 413 g/mol. The third-order valence-corrected chi connectivity index (χ3v) is 7.07. The standard InChI is InChI=1S/C21H28N6OS/c28-20-13-17-15-29-12-4-19(17)24-27(20)11-10-25-6-8-26(9-7-25)14-18-3-5-22-21(23-18)16-1-2-16/h3,5,13,16H,1-2,4,6-12,14-15H2. The van der Waals surface area contributed by atoms with Gasteiger partial charge in [-0.15, -0.1) is 0 Å². The molecular formula is C21H28N6OS. The van der Waals surface area contributed by atoms with Crippen LogP contribution >= 0.6 is 11.8 Å². The predicted octanol–water partition coefficient (Wildman–Crippen LogP) is 1.52. The Bertz CT molecular complexity index is 920. The van der Waals surface area contributed by atoms with Crippen LogP contribution < -0.4 is 5.56 Å². The van der Waals surface area contributed by atoms with Gasteiger partial charge in [0.1, 0.15) is 5.82 Å². The van der Waals surface area contributed by atoms with Crippen molar-refractivity contribution in [3.8, 4) is 0 Å². The van der Waals surface area contributed by atoms with E-state index < -0.39 is 0 Å². The summed E-state index contributed by atoms with van der Waals surface area (Å²) in [6.07, 6.45) is 5.37. The number of thioether (sulfide) groups is 1. The summed E-state index contributed by atoms with van der Waals surface area (Å²) in [6, 6.07) is 3.84. The van der Waals surface area contributed by atoms with Gasteiger partial charge in [-0.3, -0.25) is 14.6 Å². The molecule has 0 bridgehead atoms. The Hall–Kier alpha value is -1.77. The molecule has 1 saturated carbocycles. The molecule has 154 valence electrons. The molecule has 2 aromatic rings. The Kier molecular flexibility index (Phi) is 5.65. The molecule has 0 unspecified atom stereocenters. The minimum absolute atomic E-state index is 0.0418. The molecule has 5 rings (SSSR count). The monoisotopic (exact) mass is 412 g/mol. The number of piperazine rings is 1. The molecule has 0 radical (unpaired) electrons. The Morgan fingerprint density at radius 2 is 1.93 bits per heavy atom. The SMILES string of the molecule is O=c1cc2c(nn1CCN1CCN(Cc3ccnc(C4CC4)n3)CC1)CCSC2. The first-order valence-electron chi connectivity index (χ1n) is 10.7. The van der Waals surface area contributed by atoms with Crippen molar-refractivity contribution in [3.63, 3.8) is 0 Å². The fourth-order valence-corrected chi connectivity index (χ4v) is 5.04. The van der Waals surface area contributed by atoms with Crippen LogP contribution in [0.4, 0.5) is 0 Å². The van der Waals surface area contributed by atoms with Gasteiger partial charge >= 0.3 is 0 Å². The molecule has 0 atom stereocenters. The Morgan fingerprint density at radius 1 is 1.10 bits per heavy atom. The molecule has 2 fully saturated rings. The largest absolute Gasteiger partial charge is 0.299 e. The zero-order chi connectivity index (χ0) is 19.6. The van der Waals surface area contributed by atoms with Gasteiger partial charge in [0.25, 0.3) is 5.56 Å². The zero-order valence-electron chi connectivity index (χ0n) is 16.8. The summed E-state index contributed by atoms with van der Waals surface area (Å²) in [7, 11) is 0. The Balaban J connectivity index is 1.12. The highest BCUT2D eigenvalue weighted by Gasteiger charge is 2.27. The van der Waals surface area contributed by atoms with Gasteiger partial charge in [-0.1, -0.05) is 0 Å². The van der Waals surface area contributed by atoms with Crippen molar-refractivity contribution in [3.05, 3.63) is 51.5 Å². The van der Waals surface area contributed by atoms with E-state index in [4.69, 9.17) is 4.98 Å². The van der Waals surface area contributed by atoms with E-state index in [-0.39, 0.29) is 5.56 Å². The third-order valence-electron chi connectivity index (χ3n) is 6.06. The minimum atomic E-state index is 0.0418. The molecule has 0 amide bonds. The van der Waals surface area contributed by atoms with Gasteiger partial charge in [0.15, 0.2) is 0 Å². The van der Waals surface area contributed by atoms with Crippen LogP contribution in [0.15, 0.2) is 23.1 Å². The number of hydrogen-bond donors (Lipinski definition) is 0. The van der Waals surface area contributed by atoms with Crippen LogP contribution in [0, 0.1) is 0 Å². The van der Waals surface area contributed by atoms with Gasteiger partial charge in [0.2, 0.25) is 0 Å². The number of aromatic nitrogens is 4. The van der Waals surface area contributed by atoms with E-state index in [2.05, 4.69) is 19.9 Å². The lowest BCUT2D eigenvalue weighted by atomic mass is 10.2. The van der Waals surface area contributed by atoms with Crippen LogP contribution in [0.25, 0.3) is 0 Å². The Labute approximate surface area is 175 Å². The fourth-order valence-electron chi connectivity index (χ4n) is 4.09. The van der Waals surface area contributed by atoms with Crippen molar-refractivity contribution in [1.29, 1.82) is 0 Å². The van der Waals surface area contributed by atoms with Crippen LogP contribution in [-0.2, 0) is 25.3 Å². The smallest absolute Gasteiger partial charge is 0.267 e. The summed E-state index contributed by atoms with van der Waals surface area (Å²) < 4.78 is 1.67. The lowest BCUT2D eigenvalue weighted by Crippen LogP contribution is -2.47. The highest BCUT2D eigenvalue weighted by atomic mass is 32.2. The molecular weight excluding hydrogens is 384 g/mol. The average Bonchev–Trinajstić information content (AvgIpc) is 3.59. The second kappa shape index (κ2) is 8.53. The third kappa shape index (κ3) is 4.70. The topological polar surface area (TPSA) is 67.2 Å². The van der Waals surface area contributed by atoms with Crippen LogP contribution in [0.3, 0.4) is 0 Å². The molecule has 2 aromatic heterocycles. The molecule has 2 aliphatic heterocycles. The molecule has 3 aliphatic rings. The summed E-state index contributed by atoms with van der Waals surface area (Å²) in [5.41, 5.74) is 3.42. The van der Waals surface area contributed by atoms with Crippen LogP contribution in [0.5, 0.6) is 0 Å². The van der Waals surface area contributed by atoms with Crippen LogP contribution in [0.2, 0.25) is 0 Å². The van der Waals surface area contributed by atoms with Crippen LogP contribution in [0.1, 0.15) is 41.5 Å². The molecule has 4 heterocycles. The maximum absolute atomic E-state index is 12.4. The number of fused-ring (bicyclic) bond motifs is 1. The van der Waals surface area contributed by atoms with Crippen molar-refractivity contribution >= 4 is 11.8 Å². The first-order valence-corrected chi connectivity index (χ1v) is 11.8. The van der Waals surface area contributed by atoms with Gasteiger partial charge in [-0.05, 0) is 30.2 Å². The summed E-state index contributed by atoms with van der Waals surface area (Å²) in [5.74, 6) is 3.66. The second-order valence-corrected chi connectivity index (χ2v) is 9.38. The van der Waals surface area contributed by atoms with Gasteiger partial charge in [0, 0.05) is 69.6 Å². The molecule has 0 N–H and O–H groups in total. The molecule has 0 spiro atoms. The molecule has 7 nitrogen and oxygen atoms in total. The summed E-state index contributed by atoms with van der Waals surface area (Å²) in [4.78, 5) is 26.4. The van der Waals surface area contributed by atoms with Crippen molar-refractivity contribution in [2.24, 2.45) is 0 Å². The highest BCUT2D eigenvalue weighted by molar-refractivity contribution is 7.98. The highest BCUT2D eigenvalue weighted by Crippen LogP contribution is 2.37. The fraction of sp³-hybridized carbons (Fsp3) is 0.619. The van der Waals surface area contributed by atoms with Crippen molar-refractivity contribution in [1.82, 2.24) is 29.5 Å². The van der Waals surface area contributed by atoms with E-state index >= 15 is 0 Å². The van der Waals surface area contributed by atoms with E-state index in [9.17, 15) is 4.79 Å². The summed E-state index contributed by atoms with van der Waals surface area (Å²) >= 11 is 1.89. The predicted molar refractivity (Wildman–Crippen MR) is 114 cm³/mol. The van der Waals surface area contributed by atoms with Crippen molar-refractivity contribution in [2.75, 3.05) is 38.5 Å². The number of aryl methyl sites for hydroxylation is 1. The number of rotatable bonds is 6. The van der Waals surface area contributed by atoms with Gasteiger partial charge < -0.3 is 0 Å². The number of hydrogen-bond acceptors (Lipinski definition) is 7. The molecule has 0 aromatic carbocycles. The summed E-state index contributed by atoms with van der Waals surface area (Å²) in [5, 5.41) is 4.64. The van der Waals surface area contributed by atoms with Crippen molar-refractivity contribution in [2.45, 2.75) is 44.0 Å². The molecule has 29 heavy (non-hydrogen) atoms. The van der Waals surface area contributed by atoms with E-state index in [1.54, 1.807) is 10.7 Å². The van der Waals surface area contributed by atoms with E-state index in [1.165, 1.54) is 12.8 Å². The normalized spacial score (nSPS) is 20.6. The zero-order valence-corrected chi connectivity index (χ0v) is 17.6. The van der Waals surface area contributed by atoms with Gasteiger partial charge in [-0.25, -0.2) is 14.6 Å². The quantitative estimate of drug-likeness (QED) is 0.713. The van der Waals surface area contributed by atoms with E-state index in [0.29, 0.717) is 12.5 Å². The van der Waals surface area contributed by atoms with Gasteiger partial charge in [0.05, 0.1) is 17.9 Å². The number of nitrogens with zero attached hydrogens (tertiary/aromatic N) is 6. The lowest BCUT2D eigenvalue weighted by Gasteiger charge is -2.34. The molecule has 1 aliphatic carbocycles. The van der Waals surface area contributed by atoms with E-state index in [0.717, 1.165) is 80.0 Å². The van der Waals surface area contributed by atoms with Crippen LogP contribution in [-0.4, -0.2) is 68.0 Å². The van der Waals surface area contributed by atoms with Crippen molar-refractivity contribution < 1.29 is 0 Å². The lowest BCUT2D eigenvalue weighted by molar-refractivity contribution is 0.121. The maximum atomic E-state index is 12.4.